The highest BCUT2D eigenvalue weighted by Crippen LogP contribution is 2.26. The Bertz CT molecular complexity index is 613. The van der Waals surface area contributed by atoms with E-state index in [2.05, 4.69) is 41.8 Å². The molecule has 0 unspecified atom stereocenters. The maximum atomic E-state index is 10.6. The number of hydrogen-bond donors (Lipinski definition) is 1. The first kappa shape index (κ1) is 21.9. The minimum atomic E-state index is -1.14. The number of rotatable bonds is 1. The minimum absolute atomic E-state index is 0. The van der Waals surface area contributed by atoms with Gasteiger partial charge in [-0.1, -0.05) is 69.8 Å². The Morgan fingerprint density at radius 2 is 1.41 bits per heavy atom. The first-order valence-electron chi connectivity index (χ1n) is 4.94. The SMILES string of the molecule is C.Clc1cc(Br)cc(Cl)n1.O=C(O)c1c(Br)cc(Cl)nc1Cl. The van der Waals surface area contributed by atoms with E-state index in [1.54, 1.807) is 12.1 Å². The van der Waals surface area contributed by atoms with Gasteiger partial charge in [-0.15, -0.1) is 0 Å². The summed E-state index contributed by atoms with van der Waals surface area (Å²) in [6.45, 7) is 0. The number of aromatic nitrogens is 2. The lowest BCUT2D eigenvalue weighted by molar-refractivity contribution is 0.0695. The third-order valence-corrected chi connectivity index (χ3v) is 3.78. The van der Waals surface area contributed by atoms with E-state index < -0.39 is 5.97 Å². The molecule has 2 rings (SSSR count). The predicted molar refractivity (Wildman–Crippen MR) is 97.6 cm³/mol. The van der Waals surface area contributed by atoms with E-state index in [1.807, 2.05) is 0 Å². The summed E-state index contributed by atoms with van der Waals surface area (Å²) in [5.41, 5.74) is -0.0823. The van der Waals surface area contributed by atoms with Crippen LogP contribution in [-0.4, -0.2) is 21.0 Å². The molecule has 0 fully saturated rings. The number of pyridine rings is 2. The van der Waals surface area contributed by atoms with Crippen molar-refractivity contribution < 1.29 is 9.90 Å². The summed E-state index contributed by atoms with van der Waals surface area (Å²) in [6, 6.07) is 4.72. The zero-order chi connectivity index (χ0) is 16.2. The molecule has 0 radical (unpaired) electrons. The van der Waals surface area contributed by atoms with Crippen molar-refractivity contribution in [2.24, 2.45) is 0 Å². The lowest BCUT2D eigenvalue weighted by Crippen LogP contribution is -2.00. The topological polar surface area (TPSA) is 63.1 Å². The van der Waals surface area contributed by atoms with Crippen molar-refractivity contribution in [3.8, 4) is 0 Å². The van der Waals surface area contributed by atoms with Gasteiger partial charge in [0.15, 0.2) is 0 Å². The molecule has 0 saturated heterocycles. The molecule has 0 aliphatic rings. The van der Waals surface area contributed by atoms with Crippen LogP contribution in [-0.2, 0) is 0 Å². The van der Waals surface area contributed by atoms with Gasteiger partial charge in [0.25, 0.3) is 0 Å². The van der Waals surface area contributed by atoms with Crippen LogP contribution in [0.25, 0.3) is 0 Å². The van der Waals surface area contributed by atoms with Gasteiger partial charge in [0.05, 0.1) is 0 Å². The van der Waals surface area contributed by atoms with Crippen LogP contribution in [0.2, 0.25) is 20.6 Å². The van der Waals surface area contributed by atoms with Crippen LogP contribution in [0.3, 0.4) is 0 Å². The van der Waals surface area contributed by atoms with Gasteiger partial charge in [-0.2, -0.15) is 0 Å². The van der Waals surface area contributed by atoms with Crippen molar-refractivity contribution in [2.75, 3.05) is 0 Å². The highest BCUT2D eigenvalue weighted by Gasteiger charge is 2.15. The maximum absolute atomic E-state index is 10.6. The zero-order valence-corrected chi connectivity index (χ0v) is 15.9. The molecule has 0 saturated carbocycles. The van der Waals surface area contributed by atoms with Crippen molar-refractivity contribution >= 4 is 84.2 Å². The highest BCUT2D eigenvalue weighted by atomic mass is 79.9. The first-order valence-corrected chi connectivity index (χ1v) is 8.04. The molecular weight excluding hydrogens is 506 g/mol. The average Bonchev–Trinajstić information content (AvgIpc) is 2.24. The van der Waals surface area contributed by atoms with Gasteiger partial charge >= 0.3 is 5.97 Å². The van der Waals surface area contributed by atoms with Crippen LogP contribution in [0.5, 0.6) is 0 Å². The van der Waals surface area contributed by atoms with E-state index in [9.17, 15) is 4.79 Å². The normalized spacial score (nSPS) is 9.36. The molecule has 0 aliphatic carbocycles. The summed E-state index contributed by atoms with van der Waals surface area (Å²) >= 11 is 28.3. The summed E-state index contributed by atoms with van der Waals surface area (Å²) in [7, 11) is 0. The van der Waals surface area contributed by atoms with Gasteiger partial charge < -0.3 is 5.11 Å². The number of carboxylic acid groups (broad SMARTS) is 1. The van der Waals surface area contributed by atoms with Gasteiger partial charge in [0.2, 0.25) is 0 Å². The van der Waals surface area contributed by atoms with E-state index >= 15 is 0 Å². The standard InChI is InChI=1S/C6H2BrCl2NO2.C5H2BrCl2N.CH4/c7-2-1-3(8)10-5(9)4(2)6(11)12;6-3-1-4(7)9-5(8)2-3;/h1H,(H,11,12);1-2H;1H4. The predicted octanol–water partition coefficient (Wildman–Crippen LogP) is 6.64. The second kappa shape index (κ2) is 9.90. The third-order valence-electron chi connectivity index (χ3n) is 1.84. The molecule has 0 aromatic carbocycles. The molecule has 0 bridgehead atoms. The molecule has 0 atom stereocenters. The van der Waals surface area contributed by atoms with E-state index in [4.69, 9.17) is 51.5 Å². The van der Waals surface area contributed by atoms with Gasteiger partial charge in [0, 0.05) is 8.95 Å². The zero-order valence-electron chi connectivity index (χ0n) is 9.75. The molecule has 0 amide bonds. The van der Waals surface area contributed by atoms with Gasteiger partial charge in [-0.05, 0) is 34.1 Å². The van der Waals surface area contributed by atoms with Crippen LogP contribution >= 0.6 is 78.3 Å². The second-order valence-corrected chi connectivity index (χ2v) is 6.62. The minimum Gasteiger partial charge on any atom is -0.478 e. The van der Waals surface area contributed by atoms with Crippen molar-refractivity contribution in [1.82, 2.24) is 9.97 Å². The van der Waals surface area contributed by atoms with Gasteiger partial charge in [-0.3, -0.25) is 0 Å². The van der Waals surface area contributed by atoms with Crippen LogP contribution in [0.4, 0.5) is 0 Å². The second-order valence-electron chi connectivity index (χ2n) is 3.33. The largest absolute Gasteiger partial charge is 0.478 e. The summed E-state index contributed by atoms with van der Waals surface area (Å²) < 4.78 is 1.16. The van der Waals surface area contributed by atoms with Crippen LogP contribution in [0.1, 0.15) is 17.8 Å². The third kappa shape index (κ3) is 6.98. The molecule has 22 heavy (non-hydrogen) atoms. The number of carboxylic acids is 1. The molecule has 10 heteroatoms. The van der Waals surface area contributed by atoms with Crippen LogP contribution in [0, 0.1) is 0 Å². The number of nitrogens with zero attached hydrogens (tertiary/aromatic N) is 2. The molecule has 2 aromatic rings. The van der Waals surface area contributed by atoms with Crippen LogP contribution < -0.4 is 0 Å². The smallest absolute Gasteiger partial charge is 0.340 e. The highest BCUT2D eigenvalue weighted by molar-refractivity contribution is 9.10. The average molecular weight is 514 g/mol. The first-order chi connectivity index (χ1) is 9.70. The van der Waals surface area contributed by atoms with E-state index in [1.165, 1.54) is 6.07 Å². The molecule has 120 valence electrons. The Labute approximate surface area is 164 Å². The van der Waals surface area contributed by atoms with Crippen molar-refractivity contribution in [3.05, 3.63) is 53.3 Å². The molecular formula is C12H8Br2Cl4N2O2. The Hall–Kier alpha value is -0.110. The molecule has 4 nitrogen and oxygen atoms in total. The molecule has 2 aromatic heterocycles. The maximum Gasteiger partial charge on any atom is 0.340 e. The number of hydrogen-bond acceptors (Lipinski definition) is 3. The van der Waals surface area contributed by atoms with Crippen molar-refractivity contribution in [1.29, 1.82) is 0 Å². The van der Waals surface area contributed by atoms with Gasteiger partial charge in [-0.25, -0.2) is 14.8 Å². The lowest BCUT2D eigenvalue weighted by atomic mass is 10.3. The van der Waals surface area contributed by atoms with Crippen molar-refractivity contribution in [3.63, 3.8) is 0 Å². The lowest BCUT2D eigenvalue weighted by Gasteiger charge is -2.00. The monoisotopic (exact) mass is 510 g/mol. The summed E-state index contributed by atoms with van der Waals surface area (Å²) in [5, 5.41) is 9.46. The Kier molecular flexibility index (Phi) is 9.85. The quantitative estimate of drug-likeness (QED) is 0.434. The number of aromatic carboxylic acids is 1. The molecule has 0 aliphatic heterocycles. The Morgan fingerprint density at radius 3 is 1.77 bits per heavy atom. The summed E-state index contributed by atoms with van der Waals surface area (Å²) in [4.78, 5) is 17.9. The van der Waals surface area contributed by atoms with Crippen molar-refractivity contribution in [2.45, 2.75) is 7.43 Å². The summed E-state index contributed by atoms with van der Waals surface area (Å²) in [6.07, 6.45) is 0. The molecule has 2 heterocycles. The van der Waals surface area contributed by atoms with Gasteiger partial charge in [0.1, 0.15) is 26.2 Å². The van der Waals surface area contributed by atoms with E-state index in [-0.39, 0.29) is 23.3 Å². The molecule has 1 N–H and O–H groups in total. The number of carbonyl (C=O) groups is 1. The number of halogens is 6. The fourth-order valence-corrected chi connectivity index (χ4v) is 3.57. The fourth-order valence-electron chi connectivity index (χ4n) is 1.08. The Balaban J connectivity index is 0.000000397. The fraction of sp³-hybridized carbons (Fsp3) is 0.0833. The van der Waals surface area contributed by atoms with E-state index in [0.717, 1.165) is 4.47 Å². The molecule has 0 spiro atoms. The van der Waals surface area contributed by atoms with Crippen LogP contribution in [0.15, 0.2) is 27.1 Å². The van der Waals surface area contributed by atoms with E-state index in [0.29, 0.717) is 14.8 Å². The Morgan fingerprint density at radius 1 is 0.955 bits per heavy atom. The summed E-state index contributed by atoms with van der Waals surface area (Å²) in [5.74, 6) is -1.14.